The quantitative estimate of drug-likeness (QED) is 0.823. The highest BCUT2D eigenvalue weighted by molar-refractivity contribution is 6.13. The van der Waals surface area contributed by atoms with E-state index in [2.05, 4.69) is 5.32 Å². The van der Waals surface area contributed by atoms with Crippen molar-refractivity contribution in [1.29, 1.82) is 0 Å². The second-order valence-electron chi connectivity index (χ2n) is 5.92. The second-order valence-corrected chi connectivity index (χ2v) is 5.92. The van der Waals surface area contributed by atoms with E-state index in [1.54, 1.807) is 24.3 Å². The summed E-state index contributed by atoms with van der Waals surface area (Å²) in [6, 6.07) is 16.3. The highest BCUT2D eigenvalue weighted by Crippen LogP contribution is 2.19. The van der Waals surface area contributed by atoms with Gasteiger partial charge >= 0.3 is 0 Å². The Bertz CT molecular complexity index is 692. The Labute approximate surface area is 136 Å². The van der Waals surface area contributed by atoms with Crippen molar-refractivity contribution >= 4 is 17.4 Å². The summed E-state index contributed by atoms with van der Waals surface area (Å²) in [6.45, 7) is 2.57. The number of ketones is 1. The summed E-state index contributed by atoms with van der Waals surface area (Å²) in [7, 11) is 0. The van der Waals surface area contributed by atoms with Gasteiger partial charge in [0.25, 0.3) is 5.91 Å². The Morgan fingerprint density at radius 1 is 0.913 bits per heavy atom. The number of benzene rings is 2. The first-order chi connectivity index (χ1) is 11.2. The Hall–Kier alpha value is -2.46. The molecule has 2 N–H and O–H groups in total. The average Bonchev–Trinajstić information content (AvgIpc) is 3.08. The van der Waals surface area contributed by atoms with Gasteiger partial charge in [0, 0.05) is 24.0 Å². The van der Waals surface area contributed by atoms with Crippen LogP contribution in [0.3, 0.4) is 0 Å². The number of carbonyl (C=O) groups excluding carboxylic acids is 2. The number of likely N-dealkylation sites (tertiary alicyclic amines) is 1. The third-order valence-electron chi connectivity index (χ3n) is 4.20. The highest BCUT2D eigenvalue weighted by Gasteiger charge is 2.20. The second kappa shape index (κ2) is 7.20. The van der Waals surface area contributed by atoms with Crippen molar-refractivity contribution in [2.75, 3.05) is 25.0 Å². The van der Waals surface area contributed by atoms with E-state index in [1.165, 1.54) is 17.7 Å². The fourth-order valence-electron chi connectivity index (χ4n) is 3.01. The lowest BCUT2D eigenvalue weighted by Crippen LogP contribution is -3.11. The van der Waals surface area contributed by atoms with Gasteiger partial charge in [0.2, 0.25) is 0 Å². The number of quaternary nitrogens is 1. The van der Waals surface area contributed by atoms with Gasteiger partial charge in [0.15, 0.2) is 12.3 Å². The van der Waals surface area contributed by atoms with E-state index < -0.39 is 0 Å². The monoisotopic (exact) mass is 309 g/mol. The predicted octanol–water partition coefficient (Wildman–Crippen LogP) is 1.53. The third kappa shape index (κ3) is 3.85. The van der Waals surface area contributed by atoms with Gasteiger partial charge in [-0.15, -0.1) is 0 Å². The van der Waals surface area contributed by atoms with E-state index in [9.17, 15) is 9.59 Å². The molecule has 1 aliphatic heterocycles. The lowest BCUT2D eigenvalue weighted by atomic mass is 10.0. The third-order valence-corrected chi connectivity index (χ3v) is 4.20. The summed E-state index contributed by atoms with van der Waals surface area (Å²) >= 11 is 0. The van der Waals surface area contributed by atoms with Crippen LogP contribution in [0.4, 0.5) is 5.69 Å². The number of hydrogen-bond donors (Lipinski definition) is 2. The first-order valence-electron chi connectivity index (χ1n) is 8.06. The first-order valence-corrected chi connectivity index (χ1v) is 8.06. The number of hydrogen-bond acceptors (Lipinski definition) is 2. The summed E-state index contributed by atoms with van der Waals surface area (Å²) in [5, 5.41) is 2.91. The van der Waals surface area contributed by atoms with Crippen LogP contribution in [0.1, 0.15) is 28.8 Å². The molecule has 0 radical (unpaired) electrons. The number of anilines is 1. The molecule has 2 aromatic rings. The topological polar surface area (TPSA) is 50.6 Å². The summed E-state index contributed by atoms with van der Waals surface area (Å²) in [5.41, 5.74) is 1.74. The van der Waals surface area contributed by atoms with E-state index in [1.807, 2.05) is 30.3 Å². The molecule has 0 aromatic heterocycles. The Morgan fingerprint density at radius 2 is 1.57 bits per heavy atom. The highest BCUT2D eigenvalue weighted by atomic mass is 16.2. The minimum absolute atomic E-state index is 0.0322. The van der Waals surface area contributed by atoms with E-state index in [4.69, 9.17) is 0 Å². The number of nitrogens with one attached hydrogen (secondary N) is 2. The van der Waals surface area contributed by atoms with Crippen LogP contribution in [-0.2, 0) is 4.79 Å². The molecular weight excluding hydrogens is 288 g/mol. The number of rotatable bonds is 5. The van der Waals surface area contributed by atoms with Crippen molar-refractivity contribution in [3.05, 3.63) is 65.7 Å². The van der Waals surface area contributed by atoms with Gasteiger partial charge in [0.1, 0.15) is 0 Å². The summed E-state index contributed by atoms with van der Waals surface area (Å²) in [6.07, 6.45) is 2.37. The molecule has 118 valence electrons. The molecule has 23 heavy (non-hydrogen) atoms. The van der Waals surface area contributed by atoms with E-state index in [0.29, 0.717) is 23.4 Å². The van der Waals surface area contributed by atoms with E-state index >= 15 is 0 Å². The van der Waals surface area contributed by atoms with Gasteiger partial charge in [-0.2, -0.15) is 0 Å². The van der Waals surface area contributed by atoms with Crippen molar-refractivity contribution < 1.29 is 14.5 Å². The maximum absolute atomic E-state index is 12.6. The zero-order valence-corrected chi connectivity index (χ0v) is 13.0. The molecule has 1 heterocycles. The number of amides is 1. The lowest BCUT2D eigenvalue weighted by molar-refractivity contribution is -0.878. The molecule has 4 heteroatoms. The largest absolute Gasteiger partial charge is 0.327 e. The minimum atomic E-state index is -0.0741. The molecule has 0 spiro atoms. The van der Waals surface area contributed by atoms with Gasteiger partial charge < -0.3 is 10.2 Å². The Balaban J connectivity index is 1.75. The first kappa shape index (κ1) is 15.4. The minimum Gasteiger partial charge on any atom is -0.327 e. The molecule has 1 saturated heterocycles. The lowest BCUT2D eigenvalue weighted by Gasteiger charge is -2.13. The zero-order chi connectivity index (χ0) is 16.1. The molecule has 3 rings (SSSR count). The summed E-state index contributed by atoms with van der Waals surface area (Å²) < 4.78 is 0. The van der Waals surface area contributed by atoms with Crippen LogP contribution in [0.2, 0.25) is 0 Å². The molecule has 0 saturated carbocycles. The summed E-state index contributed by atoms with van der Waals surface area (Å²) in [5.74, 6) is -0.106. The SMILES string of the molecule is O=C(C[NH+]1CCCC1)Nc1ccccc1C(=O)c1ccccc1. The average molecular weight is 309 g/mol. The standard InChI is InChI=1S/C19H20N2O2/c22-18(14-21-12-6-7-13-21)20-17-11-5-4-10-16(17)19(23)15-8-2-1-3-9-15/h1-5,8-11H,6-7,12-14H2,(H,20,22)/p+1. The molecular formula is C19H21N2O2+. The molecule has 1 amide bonds. The van der Waals surface area contributed by atoms with Crippen LogP contribution in [-0.4, -0.2) is 31.3 Å². The van der Waals surface area contributed by atoms with E-state index in [0.717, 1.165) is 13.1 Å². The molecule has 0 bridgehead atoms. The number of para-hydroxylation sites is 1. The van der Waals surface area contributed by atoms with Crippen molar-refractivity contribution in [3.8, 4) is 0 Å². The maximum Gasteiger partial charge on any atom is 0.279 e. The predicted molar refractivity (Wildman–Crippen MR) is 89.7 cm³/mol. The number of carbonyl (C=O) groups is 2. The fourth-order valence-corrected chi connectivity index (χ4v) is 3.01. The Morgan fingerprint density at radius 3 is 2.30 bits per heavy atom. The van der Waals surface area contributed by atoms with Crippen molar-refractivity contribution in [2.45, 2.75) is 12.8 Å². The van der Waals surface area contributed by atoms with Crippen molar-refractivity contribution in [3.63, 3.8) is 0 Å². The van der Waals surface area contributed by atoms with Gasteiger partial charge in [-0.3, -0.25) is 9.59 Å². The van der Waals surface area contributed by atoms with Crippen molar-refractivity contribution in [1.82, 2.24) is 0 Å². The van der Waals surface area contributed by atoms with Crippen LogP contribution in [0, 0.1) is 0 Å². The zero-order valence-electron chi connectivity index (χ0n) is 13.0. The van der Waals surface area contributed by atoms with Crippen LogP contribution in [0.15, 0.2) is 54.6 Å². The van der Waals surface area contributed by atoms with Crippen LogP contribution >= 0.6 is 0 Å². The normalized spacial score (nSPS) is 14.6. The van der Waals surface area contributed by atoms with Gasteiger partial charge in [-0.25, -0.2) is 0 Å². The molecule has 1 aliphatic rings. The van der Waals surface area contributed by atoms with Gasteiger partial charge in [-0.05, 0) is 12.1 Å². The molecule has 0 unspecified atom stereocenters. The Kier molecular flexibility index (Phi) is 4.83. The van der Waals surface area contributed by atoms with Gasteiger partial charge in [-0.1, -0.05) is 42.5 Å². The van der Waals surface area contributed by atoms with Gasteiger partial charge in [0.05, 0.1) is 18.8 Å². The van der Waals surface area contributed by atoms with E-state index in [-0.39, 0.29) is 11.7 Å². The van der Waals surface area contributed by atoms with Crippen molar-refractivity contribution in [2.24, 2.45) is 0 Å². The molecule has 0 aliphatic carbocycles. The molecule has 1 fully saturated rings. The van der Waals surface area contributed by atoms with Crippen LogP contribution in [0.25, 0.3) is 0 Å². The van der Waals surface area contributed by atoms with Crippen LogP contribution in [0.5, 0.6) is 0 Å². The maximum atomic E-state index is 12.6. The molecule has 4 nitrogen and oxygen atoms in total. The van der Waals surface area contributed by atoms with Crippen LogP contribution < -0.4 is 10.2 Å². The molecule has 0 atom stereocenters. The fraction of sp³-hybridized carbons (Fsp3) is 0.263. The summed E-state index contributed by atoms with van der Waals surface area (Å²) in [4.78, 5) is 26.2. The smallest absolute Gasteiger partial charge is 0.279 e. The molecule has 2 aromatic carbocycles.